The van der Waals surface area contributed by atoms with E-state index < -0.39 is 0 Å². The van der Waals surface area contributed by atoms with Gasteiger partial charge in [0.2, 0.25) is 0 Å². The number of rotatable bonds is 3. The first kappa shape index (κ1) is 12.1. The van der Waals surface area contributed by atoms with Gasteiger partial charge in [0, 0.05) is 19.3 Å². The van der Waals surface area contributed by atoms with Crippen LogP contribution in [0.25, 0.3) is 11.0 Å². The van der Waals surface area contributed by atoms with Crippen LogP contribution in [0.3, 0.4) is 0 Å². The average Bonchev–Trinajstić information content (AvgIpc) is 3.05. The number of hydrogen-bond acceptors (Lipinski definition) is 4. The highest BCUT2D eigenvalue weighted by Gasteiger charge is 2.59. The summed E-state index contributed by atoms with van der Waals surface area (Å²) >= 11 is 0. The Morgan fingerprint density at radius 1 is 1.45 bits per heavy atom. The Hall–Kier alpha value is -1.62. The van der Waals surface area contributed by atoms with Crippen molar-refractivity contribution < 1.29 is 0 Å². The molecule has 3 heterocycles. The van der Waals surface area contributed by atoms with Crippen LogP contribution < -0.4 is 10.2 Å². The highest BCUT2D eigenvalue weighted by atomic mass is 15.2. The quantitative estimate of drug-likeness (QED) is 0.893. The first-order valence-corrected chi connectivity index (χ1v) is 7.44. The van der Waals surface area contributed by atoms with Gasteiger partial charge in [-0.15, -0.1) is 0 Å². The maximum Gasteiger partial charge on any atom is 0.142 e. The third-order valence-electron chi connectivity index (χ3n) is 5.52. The number of aromatic amines is 1. The Kier molecular flexibility index (Phi) is 2.54. The van der Waals surface area contributed by atoms with Crippen LogP contribution >= 0.6 is 0 Å². The van der Waals surface area contributed by atoms with Crippen molar-refractivity contribution in [1.82, 2.24) is 20.3 Å². The topological polar surface area (TPSA) is 56.8 Å². The Morgan fingerprint density at radius 2 is 2.35 bits per heavy atom. The van der Waals surface area contributed by atoms with Gasteiger partial charge in [0.1, 0.15) is 17.8 Å². The van der Waals surface area contributed by atoms with Crippen molar-refractivity contribution in [1.29, 1.82) is 0 Å². The molecule has 0 bridgehead atoms. The van der Waals surface area contributed by atoms with Gasteiger partial charge in [0.05, 0.1) is 5.39 Å². The maximum absolute atomic E-state index is 4.52. The number of nitrogens with one attached hydrogen (secondary N) is 2. The van der Waals surface area contributed by atoms with Crippen molar-refractivity contribution in [2.45, 2.75) is 25.8 Å². The molecule has 2 N–H and O–H groups in total. The summed E-state index contributed by atoms with van der Waals surface area (Å²) in [7, 11) is 2.17. The predicted octanol–water partition coefficient (Wildman–Crippen LogP) is 1.78. The molecule has 2 fully saturated rings. The third-order valence-corrected chi connectivity index (χ3v) is 5.52. The summed E-state index contributed by atoms with van der Waals surface area (Å²) in [6.07, 6.45) is 6.23. The second kappa shape index (κ2) is 4.19. The number of piperidine rings is 1. The molecule has 0 amide bonds. The van der Waals surface area contributed by atoms with Gasteiger partial charge in [-0.1, -0.05) is 0 Å². The molecule has 0 spiro atoms. The fraction of sp³-hybridized carbons (Fsp3) is 0.600. The molecule has 1 aliphatic heterocycles. The number of anilines is 1. The summed E-state index contributed by atoms with van der Waals surface area (Å²) in [6.45, 7) is 4.69. The van der Waals surface area contributed by atoms with E-state index in [4.69, 9.17) is 0 Å². The van der Waals surface area contributed by atoms with Crippen molar-refractivity contribution in [2.75, 3.05) is 25.0 Å². The van der Waals surface area contributed by atoms with Gasteiger partial charge in [-0.25, -0.2) is 9.97 Å². The smallest absolute Gasteiger partial charge is 0.142 e. The van der Waals surface area contributed by atoms with Crippen LogP contribution in [0.1, 0.15) is 19.8 Å². The number of H-pyrrole nitrogens is 1. The Bertz CT molecular complexity index is 636. The zero-order valence-corrected chi connectivity index (χ0v) is 12.1. The average molecular weight is 271 g/mol. The monoisotopic (exact) mass is 271 g/mol. The van der Waals surface area contributed by atoms with Crippen molar-refractivity contribution in [3.63, 3.8) is 0 Å². The number of nitrogens with zero attached hydrogens (tertiary/aromatic N) is 3. The second-order valence-electron chi connectivity index (χ2n) is 6.31. The van der Waals surface area contributed by atoms with Crippen molar-refractivity contribution in [3.8, 4) is 0 Å². The van der Waals surface area contributed by atoms with Gasteiger partial charge in [0.15, 0.2) is 0 Å². The van der Waals surface area contributed by atoms with E-state index in [0.29, 0.717) is 11.5 Å². The van der Waals surface area contributed by atoms with E-state index in [1.54, 1.807) is 6.33 Å². The van der Waals surface area contributed by atoms with E-state index in [9.17, 15) is 0 Å². The standard InChI is InChI=1S/C15H21N5/c1-10(15-4-6-16-8-11(15)7-15)20(2)14-12-3-5-17-13(12)18-9-19-14/h3,5,9-11,16H,4,6-8H2,1-2H3,(H,17,18,19)/t10?,11-,15?/m0/s1. The summed E-state index contributed by atoms with van der Waals surface area (Å²) in [4.78, 5) is 14.3. The molecule has 5 nitrogen and oxygen atoms in total. The van der Waals surface area contributed by atoms with Crippen LogP contribution in [0.15, 0.2) is 18.6 Å². The molecule has 1 aliphatic carbocycles. The van der Waals surface area contributed by atoms with Crippen LogP contribution in [0.5, 0.6) is 0 Å². The Balaban J connectivity index is 1.67. The molecule has 2 unspecified atom stereocenters. The minimum absolute atomic E-state index is 0.494. The molecule has 1 saturated heterocycles. The van der Waals surface area contributed by atoms with Gasteiger partial charge >= 0.3 is 0 Å². The minimum Gasteiger partial charge on any atom is -0.356 e. The molecular weight excluding hydrogens is 250 g/mol. The van der Waals surface area contributed by atoms with Gasteiger partial charge < -0.3 is 15.2 Å². The zero-order valence-electron chi connectivity index (χ0n) is 12.1. The van der Waals surface area contributed by atoms with Crippen LogP contribution in [0.4, 0.5) is 5.82 Å². The molecule has 0 radical (unpaired) electrons. The third kappa shape index (κ3) is 1.59. The van der Waals surface area contributed by atoms with E-state index in [1.807, 2.05) is 6.20 Å². The maximum atomic E-state index is 4.52. The van der Waals surface area contributed by atoms with Crippen LogP contribution in [-0.4, -0.2) is 41.1 Å². The van der Waals surface area contributed by atoms with Gasteiger partial charge in [-0.2, -0.15) is 0 Å². The van der Waals surface area contributed by atoms with Crippen molar-refractivity contribution >= 4 is 16.9 Å². The highest BCUT2D eigenvalue weighted by molar-refractivity contribution is 5.87. The van der Waals surface area contributed by atoms with Crippen LogP contribution in [-0.2, 0) is 0 Å². The van der Waals surface area contributed by atoms with Crippen LogP contribution in [0.2, 0.25) is 0 Å². The molecule has 2 aromatic rings. The van der Waals surface area contributed by atoms with Crippen LogP contribution in [0, 0.1) is 11.3 Å². The van der Waals surface area contributed by atoms with E-state index in [-0.39, 0.29) is 0 Å². The normalized spacial score (nSPS) is 30.0. The summed E-state index contributed by atoms with van der Waals surface area (Å²) in [6, 6.07) is 2.58. The van der Waals surface area contributed by atoms with Crippen molar-refractivity contribution in [2.24, 2.45) is 11.3 Å². The summed E-state index contributed by atoms with van der Waals surface area (Å²) in [5, 5.41) is 4.63. The first-order chi connectivity index (χ1) is 9.72. The first-order valence-electron chi connectivity index (χ1n) is 7.44. The number of hydrogen-bond donors (Lipinski definition) is 2. The van der Waals surface area contributed by atoms with E-state index >= 15 is 0 Å². The highest BCUT2D eigenvalue weighted by Crippen LogP contribution is 2.60. The summed E-state index contributed by atoms with van der Waals surface area (Å²) in [5.41, 5.74) is 1.41. The van der Waals surface area contributed by atoms with Gasteiger partial charge in [-0.05, 0) is 50.3 Å². The molecule has 3 atom stereocenters. The molecule has 4 rings (SSSR count). The Morgan fingerprint density at radius 3 is 3.20 bits per heavy atom. The predicted molar refractivity (Wildman–Crippen MR) is 79.8 cm³/mol. The molecule has 5 heteroatoms. The summed E-state index contributed by atoms with van der Waals surface area (Å²) < 4.78 is 0. The largest absolute Gasteiger partial charge is 0.356 e. The van der Waals surface area contributed by atoms with E-state index in [0.717, 1.165) is 29.3 Å². The number of aromatic nitrogens is 3. The van der Waals surface area contributed by atoms with Gasteiger partial charge in [-0.3, -0.25) is 0 Å². The van der Waals surface area contributed by atoms with Gasteiger partial charge in [0.25, 0.3) is 0 Å². The fourth-order valence-corrected chi connectivity index (χ4v) is 4.01. The number of fused-ring (bicyclic) bond motifs is 2. The van der Waals surface area contributed by atoms with Crippen molar-refractivity contribution in [3.05, 3.63) is 18.6 Å². The minimum atomic E-state index is 0.494. The molecule has 106 valence electrons. The lowest BCUT2D eigenvalue weighted by molar-refractivity contribution is 0.298. The molecule has 0 aromatic carbocycles. The molecule has 20 heavy (non-hydrogen) atoms. The lowest BCUT2D eigenvalue weighted by atomic mass is 9.88. The molecule has 2 aliphatic rings. The SMILES string of the molecule is CC(N(C)c1ncnc2[nH]ccc12)C12CCNC[C@@H]1C2. The molecular formula is C15H21N5. The molecule has 2 aromatic heterocycles. The fourth-order valence-electron chi connectivity index (χ4n) is 4.01. The molecule has 1 saturated carbocycles. The Labute approximate surface area is 118 Å². The van der Waals surface area contributed by atoms with E-state index in [2.05, 4.69) is 45.2 Å². The summed E-state index contributed by atoms with van der Waals surface area (Å²) in [5.74, 6) is 1.89. The van der Waals surface area contributed by atoms with E-state index in [1.165, 1.54) is 19.4 Å². The lowest BCUT2D eigenvalue weighted by Gasteiger charge is -2.36. The zero-order chi connectivity index (χ0) is 13.7. The second-order valence-corrected chi connectivity index (χ2v) is 6.31. The lowest BCUT2D eigenvalue weighted by Crippen LogP contribution is -2.43.